The molecule has 2 aromatic heterocycles. The van der Waals surface area contributed by atoms with Crippen molar-refractivity contribution in [3.8, 4) is 0 Å². The Morgan fingerprint density at radius 2 is 1.96 bits per heavy atom. The minimum absolute atomic E-state index is 0.0435. The van der Waals surface area contributed by atoms with Crippen LogP contribution in [0.25, 0.3) is 0 Å². The first-order valence-corrected chi connectivity index (χ1v) is 9.49. The number of aryl methyl sites for hydroxylation is 1. The lowest BCUT2D eigenvalue weighted by molar-refractivity contribution is 0.0620. The number of hydrogen-bond acceptors (Lipinski definition) is 5. The fraction of sp³-hybridized carbons (Fsp3) is 0.526. The van der Waals surface area contributed by atoms with E-state index < -0.39 is 0 Å². The SMILES string of the molecule is Cc1cc(C(C)(C)C)oc1C(=O)N1CCC(C(=O)c2nccs2)CC1. The number of rotatable bonds is 3. The summed E-state index contributed by atoms with van der Waals surface area (Å²) in [5, 5.41) is 2.39. The van der Waals surface area contributed by atoms with Gasteiger partial charge in [-0.2, -0.15) is 0 Å². The van der Waals surface area contributed by atoms with Crippen molar-refractivity contribution in [3.05, 3.63) is 39.7 Å². The molecule has 0 spiro atoms. The van der Waals surface area contributed by atoms with E-state index in [0.717, 1.165) is 11.3 Å². The molecule has 25 heavy (non-hydrogen) atoms. The predicted octanol–water partition coefficient (Wildman–Crippen LogP) is 4.08. The highest BCUT2D eigenvalue weighted by Gasteiger charge is 2.32. The molecule has 134 valence electrons. The van der Waals surface area contributed by atoms with Gasteiger partial charge >= 0.3 is 0 Å². The number of nitrogens with zero attached hydrogens (tertiary/aromatic N) is 2. The molecule has 0 radical (unpaired) electrons. The van der Waals surface area contributed by atoms with Gasteiger partial charge in [0.05, 0.1) is 0 Å². The average molecular weight is 360 g/mol. The van der Waals surface area contributed by atoms with Crippen LogP contribution >= 0.6 is 11.3 Å². The van der Waals surface area contributed by atoms with Gasteiger partial charge in [0, 0.05) is 41.6 Å². The van der Waals surface area contributed by atoms with Gasteiger partial charge < -0.3 is 9.32 Å². The van der Waals surface area contributed by atoms with Crippen molar-refractivity contribution >= 4 is 23.0 Å². The Bertz CT molecular complexity index is 763. The Morgan fingerprint density at radius 1 is 1.28 bits per heavy atom. The van der Waals surface area contributed by atoms with Crippen LogP contribution in [-0.4, -0.2) is 34.7 Å². The lowest BCUT2D eigenvalue weighted by atomic mass is 9.92. The van der Waals surface area contributed by atoms with Crippen molar-refractivity contribution in [2.75, 3.05) is 13.1 Å². The van der Waals surface area contributed by atoms with Crippen LogP contribution in [0.1, 0.15) is 65.3 Å². The quantitative estimate of drug-likeness (QED) is 0.774. The van der Waals surface area contributed by atoms with Gasteiger partial charge in [-0.15, -0.1) is 11.3 Å². The first-order chi connectivity index (χ1) is 11.8. The number of hydrogen-bond donors (Lipinski definition) is 0. The van der Waals surface area contributed by atoms with E-state index in [0.29, 0.717) is 36.7 Å². The Hall–Kier alpha value is -1.95. The average Bonchev–Trinajstić information content (AvgIpc) is 3.23. The molecule has 3 heterocycles. The third-order valence-corrected chi connectivity index (χ3v) is 5.43. The second-order valence-corrected chi connectivity index (χ2v) is 8.54. The van der Waals surface area contributed by atoms with Crippen LogP contribution < -0.4 is 0 Å². The Balaban J connectivity index is 1.66. The molecular formula is C19H24N2O3S. The second kappa shape index (κ2) is 6.75. The number of Topliss-reactive ketones (excluding diaryl/α,β-unsaturated/α-hetero) is 1. The highest BCUT2D eigenvalue weighted by molar-refractivity contribution is 7.11. The third-order valence-electron chi connectivity index (χ3n) is 4.65. The molecular weight excluding hydrogens is 336 g/mol. The van der Waals surface area contributed by atoms with Crippen LogP contribution in [-0.2, 0) is 5.41 Å². The molecule has 6 heteroatoms. The first-order valence-electron chi connectivity index (χ1n) is 8.61. The fourth-order valence-electron chi connectivity index (χ4n) is 3.07. The molecule has 1 saturated heterocycles. The number of likely N-dealkylation sites (tertiary alicyclic amines) is 1. The number of amides is 1. The van der Waals surface area contributed by atoms with Gasteiger partial charge in [-0.1, -0.05) is 20.8 Å². The maximum Gasteiger partial charge on any atom is 0.289 e. The van der Waals surface area contributed by atoms with E-state index in [-0.39, 0.29) is 23.0 Å². The van der Waals surface area contributed by atoms with Crippen LogP contribution in [0.2, 0.25) is 0 Å². The predicted molar refractivity (Wildman–Crippen MR) is 97.2 cm³/mol. The van der Waals surface area contributed by atoms with E-state index >= 15 is 0 Å². The zero-order chi connectivity index (χ0) is 18.2. The van der Waals surface area contributed by atoms with Gasteiger partial charge in [-0.3, -0.25) is 9.59 Å². The van der Waals surface area contributed by atoms with Gasteiger partial charge in [-0.25, -0.2) is 4.98 Å². The number of carbonyl (C=O) groups excluding carboxylic acids is 2. The summed E-state index contributed by atoms with van der Waals surface area (Å²) in [6, 6.07) is 1.95. The highest BCUT2D eigenvalue weighted by atomic mass is 32.1. The van der Waals surface area contributed by atoms with Gasteiger partial charge in [-0.05, 0) is 25.8 Å². The molecule has 0 aromatic carbocycles. The van der Waals surface area contributed by atoms with Gasteiger partial charge in [0.15, 0.2) is 16.6 Å². The van der Waals surface area contributed by atoms with Crippen molar-refractivity contribution in [2.24, 2.45) is 5.92 Å². The zero-order valence-corrected chi connectivity index (χ0v) is 16.0. The minimum atomic E-state index is -0.129. The van der Waals surface area contributed by atoms with E-state index in [1.807, 2.05) is 18.4 Å². The zero-order valence-electron chi connectivity index (χ0n) is 15.2. The van der Waals surface area contributed by atoms with E-state index in [4.69, 9.17) is 4.42 Å². The molecule has 0 saturated carbocycles. The molecule has 1 aliphatic heterocycles. The largest absolute Gasteiger partial charge is 0.455 e. The van der Waals surface area contributed by atoms with E-state index in [9.17, 15) is 9.59 Å². The molecule has 5 nitrogen and oxygen atoms in total. The summed E-state index contributed by atoms with van der Waals surface area (Å²) in [5.41, 5.74) is 0.743. The summed E-state index contributed by atoms with van der Waals surface area (Å²) in [4.78, 5) is 31.1. The first kappa shape index (κ1) is 17.9. The van der Waals surface area contributed by atoms with Crippen molar-refractivity contribution in [2.45, 2.75) is 46.0 Å². The van der Waals surface area contributed by atoms with Crippen LogP contribution in [0.3, 0.4) is 0 Å². The molecule has 0 unspecified atom stereocenters. The summed E-state index contributed by atoms with van der Waals surface area (Å²) in [6.07, 6.45) is 3.01. The van der Waals surface area contributed by atoms with Gasteiger partial charge in [0.1, 0.15) is 5.76 Å². The van der Waals surface area contributed by atoms with Crippen LogP contribution in [0.5, 0.6) is 0 Å². The number of piperidine rings is 1. The summed E-state index contributed by atoms with van der Waals surface area (Å²) >= 11 is 1.38. The van der Waals surface area contributed by atoms with Crippen LogP contribution in [0, 0.1) is 12.8 Å². The molecule has 1 aliphatic rings. The summed E-state index contributed by atoms with van der Waals surface area (Å²) in [6.45, 7) is 9.25. The standard InChI is InChI=1S/C19H24N2O3S/c1-12-11-14(19(2,3)4)24-16(12)18(23)21-8-5-13(6-9-21)15(22)17-20-7-10-25-17/h7,10-11,13H,5-6,8-9H2,1-4H3. The van der Waals surface area contributed by atoms with E-state index in [1.54, 1.807) is 11.1 Å². The Kier molecular flexibility index (Phi) is 4.82. The van der Waals surface area contributed by atoms with Gasteiger partial charge in [0.2, 0.25) is 0 Å². The number of thiazole rings is 1. The maximum atomic E-state index is 12.8. The van der Waals surface area contributed by atoms with Crippen molar-refractivity contribution in [1.82, 2.24) is 9.88 Å². The van der Waals surface area contributed by atoms with Crippen LogP contribution in [0.4, 0.5) is 0 Å². The molecule has 0 N–H and O–H groups in total. The molecule has 1 fully saturated rings. The topological polar surface area (TPSA) is 63.4 Å². The normalized spacial score (nSPS) is 16.2. The molecule has 1 amide bonds. The molecule has 3 rings (SSSR count). The lowest BCUT2D eigenvalue weighted by Crippen LogP contribution is -2.40. The van der Waals surface area contributed by atoms with Gasteiger partial charge in [0.25, 0.3) is 5.91 Å². The number of aromatic nitrogens is 1. The summed E-state index contributed by atoms with van der Waals surface area (Å²) in [7, 11) is 0. The van der Waals surface area contributed by atoms with Crippen molar-refractivity contribution in [3.63, 3.8) is 0 Å². The van der Waals surface area contributed by atoms with Crippen molar-refractivity contribution in [1.29, 1.82) is 0 Å². The summed E-state index contributed by atoms with van der Waals surface area (Å²) < 4.78 is 5.86. The van der Waals surface area contributed by atoms with E-state index in [1.165, 1.54) is 11.3 Å². The van der Waals surface area contributed by atoms with Crippen molar-refractivity contribution < 1.29 is 14.0 Å². The Labute approximate surface area is 152 Å². The van der Waals surface area contributed by atoms with Crippen LogP contribution in [0.15, 0.2) is 22.1 Å². The maximum absolute atomic E-state index is 12.8. The monoisotopic (exact) mass is 360 g/mol. The van der Waals surface area contributed by atoms with E-state index in [2.05, 4.69) is 25.8 Å². The molecule has 0 aliphatic carbocycles. The smallest absolute Gasteiger partial charge is 0.289 e. The second-order valence-electron chi connectivity index (χ2n) is 7.64. The molecule has 0 bridgehead atoms. The molecule has 0 atom stereocenters. The number of carbonyl (C=O) groups is 2. The fourth-order valence-corrected chi connectivity index (χ4v) is 3.73. The summed E-state index contributed by atoms with van der Waals surface area (Å²) in [5.74, 6) is 1.23. The highest BCUT2D eigenvalue weighted by Crippen LogP contribution is 2.29. The minimum Gasteiger partial charge on any atom is -0.455 e. The Morgan fingerprint density at radius 3 is 2.48 bits per heavy atom. The number of furan rings is 1. The number of ketones is 1. The lowest BCUT2D eigenvalue weighted by Gasteiger charge is -2.30. The third kappa shape index (κ3) is 3.68. The molecule has 2 aromatic rings.